The van der Waals surface area contributed by atoms with Gasteiger partial charge in [0.15, 0.2) is 0 Å². The number of piperidine rings is 1. The molecule has 0 spiro atoms. The van der Waals surface area contributed by atoms with Crippen LogP contribution in [0.3, 0.4) is 0 Å². The zero-order chi connectivity index (χ0) is 8.10. The number of amides is 2. The fourth-order valence-corrected chi connectivity index (χ4v) is 1.28. The van der Waals surface area contributed by atoms with Gasteiger partial charge in [-0.2, -0.15) is 0 Å². The van der Waals surface area contributed by atoms with Crippen molar-refractivity contribution in [2.75, 3.05) is 19.8 Å². The van der Waals surface area contributed by atoms with E-state index in [1.54, 1.807) is 4.90 Å². The maximum Gasteiger partial charge on any atom is 0.319 e. The molecule has 64 valence electrons. The molecule has 1 aliphatic rings. The molecule has 4 heteroatoms. The van der Waals surface area contributed by atoms with E-state index in [1.807, 2.05) is 0 Å². The average Bonchev–Trinajstić information content (AvgIpc) is 2.07. The Kier molecular flexibility index (Phi) is 3.16. The van der Waals surface area contributed by atoms with Crippen molar-refractivity contribution in [3.05, 3.63) is 0 Å². The first-order valence-corrected chi connectivity index (χ1v) is 3.98. The van der Waals surface area contributed by atoms with Crippen molar-refractivity contribution in [1.82, 2.24) is 10.2 Å². The van der Waals surface area contributed by atoms with Gasteiger partial charge in [0.1, 0.15) is 6.73 Å². The molecular formula is C7H14N2O2. The first kappa shape index (κ1) is 8.33. The summed E-state index contributed by atoms with van der Waals surface area (Å²) in [5, 5.41) is 10.8. The lowest BCUT2D eigenvalue weighted by Crippen LogP contribution is -2.42. The van der Waals surface area contributed by atoms with Gasteiger partial charge >= 0.3 is 6.03 Å². The van der Waals surface area contributed by atoms with E-state index in [0.29, 0.717) is 0 Å². The van der Waals surface area contributed by atoms with Crippen LogP contribution in [0.4, 0.5) is 4.79 Å². The minimum absolute atomic E-state index is 0.146. The van der Waals surface area contributed by atoms with E-state index >= 15 is 0 Å². The van der Waals surface area contributed by atoms with Crippen molar-refractivity contribution >= 4 is 6.03 Å². The average molecular weight is 158 g/mol. The van der Waals surface area contributed by atoms with Crippen molar-refractivity contribution in [2.24, 2.45) is 0 Å². The molecule has 0 aromatic rings. The predicted molar refractivity (Wildman–Crippen MR) is 41.0 cm³/mol. The van der Waals surface area contributed by atoms with Gasteiger partial charge in [-0.1, -0.05) is 0 Å². The van der Waals surface area contributed by atoms with Crippen molar-refractivity contribution in [1.29, 1.82) is 0 Å². The molecule has 1 fully saturated rings. The summed E-state index contributed by atoms with van der Waals surface area (Å²) in [4.78, 5) is 12.8. The van der Waals surface area contributed by atoms with Gasteiger partial charge < -0.3 is 15.3 Å². The second kappa shape index (κ2) is 4.18. The Labute approximate surface area is 66.2 Å². The number of likely N-dealkylation sites (tertiary alicyclic amines) is 1. The van der Waals surface area contributed by atoms with Crippen LogP contribution in [0, 0.1) is 0 Å². The highest BCUT2D eigenvalue weighted by Gasteiger charge is 2.14. The van der Waals surface area contributed by atoms with Gasteiger partial charge in [0.05, 0.1) is 0 Å². The van der Waals surface area contributed by atoms with Crippen molar-refractivity contribution in [2.45, 2.75) is 19.3 Å². The van der Waals surface area contributed by atoms with E-state index in [2.05, 4.69) is 5.32 Å². The first-order chi connectivity index (χ1) is 5.34. The van der Waals surface area contributed by atoms with Crippen LogP contribution in [0.25, 0.3) is 0 Å². The van der Waals surface area contributed by atoms with Gasteiger partial charge in [-0.3, -0.25) is 0 Å². The second-order valence-electron chi connectivity index (χ2n) is 2.69. The van der Waals surface area contributed by atoms with Gasteiger partial charge in [-0.05, 0) is 19.3 Å². The summed E-state index contributed by atoms with van der Waals surface area (Å²) < 4.78 is 0. The number of nitrogens with one attached hydrogen (secondary N) is 1. The number of carbonyl (C=O) groups excluding carboxylic acids is 1. The number of aliphatic hydroxyl groups excluding tert-OH is 1. The summed E-state index contributed by atoms with van der Waals surface area (Å²) in [5.41, 5.74) is 0. The lowest BCUT2D eigenvalue weighted by molar-refractivity contribution is 0.171. The number of urea groups is 1. The lowest BCUT2D eigenvalue weighted by Gasteiger charge is -2.26. The maximum atomic E-state index is 11.1. The minimum atomic E-state index is -0.269. The smallest absolute Gasteiger partial charge is 0.319 e. The van der Waals surface area contributed by atoms with Crippen molar-refractivity contribution in [3.8, 4) is 0 Å². The molecule has 0 saturated carbocycles. The number of rotatable bonds is 1. The van der Waals surface area contributed by atoms with Crippen LogP contribution in [0.15, 0.2) is 0 Å². The lowest BCUT2D eigenvalue weighted by atomic mass is 10.1. The van der Waals surface area contributed by atoms with Crippen molar-refractivity contribution in [3.63, 3.8) is 0 Å². The number of aliphatic hydroxyl groups is 1. The van der Waals surface area contributed by atoms with E-state index in [9.17, 15) is 4.79 Å². The highest BCUT2D eigenvalue weighted by Crippen LogP contribution is 2.07. The Balaban J connectivity index is 2.27. The summed E-state index contributed by atoms with van der Waals surface area (Å²) >= 11 is 0. The highest BCUT2D eigenvalue weighted by molar-refractivity contribution is 5.73. The Hall–Kier alpha value is -0.770. The molecule has 0 aromatic heterocycles. The fraction of sp³-hybridized carbons (Fsp3) is 0.857. The summed E-state index contributed by atoms with van der Waals surface area (Å²) in [6, 6.07) is -0.146. The van der Waals surface area contributed by atoms with Gasteiger partial charge in [0, 0.05) is 13.1 Å². The summed E-state index contributed by atoms with van der Waals surface area (Å²) in [6.07, 6.45) is 3.38. The Morgan fingerprint density at radius 2 is 2.00 bits per heavy atom. The zero-order valence-corrected chi connectivity index (χ0v) is 6.55. The summed E-state index contributed by atoms with van der Waals surface area (Å²) in [7, 11) is 0. The molecule has 1 aliphatic heterocycles. The Morgan fingerprint density at radius 3 is 2.55 bits per heavy atom. The molecule has 0 unspecified atom stereocenters. The number of nitrogens with zero attached hydrogens (tertiary/aromatic N) is 1. The molecule has 2 N–H and O–H groups in total. The standard InChI is InChI=1S/C7H14N2O2/c10-6-8-7(11)9-4-2-1-3-5-9/h10H,1-6H2,(H,8,11). The number of hydrogen-bond donors (Lipinski definition) is 2. The number of carbonyl (C=O) groups is 1. The van der Waals surface area contributed by atoms with Crippen LogP contribution in [-0.4, -0.2) is 35.9 Å². The monoisotopic (exact) mass is 158 g/mol. The SMILES string of the molecule is O=C(NCO)N1CCCCC1. The van der Waals surface area contributed by atoms with Crippen LogP contribution >= 0.6 is 0 Å². The summed E-state index contributed by atoms with van der Waals surface area (Å²) in [5.74, 6) is 0. The third-order valence-electron chi connectivity index (χ3n) is 1.87. The Morgan fingerprint density at radius 1 is 1.36 bits per heavy atom. The van der Waals surface area contributed by atoms with E-state index in [-0.39, 0.29) is 12.8 Å². The topological polar surface area (TPSA) is 52.6 Å². The Bertz CT molecular complexity index is 132. The van der Waals surface area contributed by atoms with Crippen LogP contribution in [0.2, 0.25) is 0 Å². The van der Waals surface area contributed by atoms with Crippen LogP contribution in [-0.2, 0) is 0 Å². The largest absolute Gasteiger partial charge is 0.376 e. The van der Waals surface area contributed by atoms with E-state index in [0.717, 1.165) is 25.9 Å². The second-order valence-corrected chi connectivity index (χ2v) is 2.69. The van der Waals surface area contributed by atoms with E-state index in [1.165, 1.54) is 6.42 Å². The molecule has 1 saturated heterocycles. The third kappa shape index (κ3) is 2.38. The van der Waals surface area contributed by atoms with Gasteiger partial charge in [-0.15, -0.1) is 0 Å². The van der Waals surface area contributed by atoms with Crippen LogP contribution in [0.5, 0.6) is 0 Å². The molecule has 2 amide bonds. The quantitative estimate of drug-likeness (QED) is 0.533. The zero-order valence-electron chi connectivity index (χ0n) is 6.55. The summed E-state index contributed by atoms with van der Waals surface area (Å²) in [6.45, 7) is 1.38. The molecular weight excluding hydrogens is 144 g/mol. The van der Waals surface area contributed by atoms with E-state index < -0.39 is 0 Å². The maximum absolute atomic E-state index is 11.1. The highest BCUT2D eigenvalue weighted by atomic mass is 16.3. The van der Waals surface area contributed by atoms with Crippen LogP contribution < -0.4 is 5.32 Å². The molecule has 0 radical (unpaired) electrons. The van der Waals surface area contributed by atoms with Crippen molar-refractivity contribution < 1.29 is 9.90 Å². The number of hydrogen-bond acceptors (Lipinski definition) is 2. The van der Waals surface area contributed by atoms with Gasteiger partial charge in [0.2, 0.25) is 0 Å². The molecule has 0 bridgehead atoms. The van der Waals surface area contributed by atoms with Crippen LogP contribution in [0.1, 0.15) is 19.3 Å². The molecule has 0 atom stereocenters. The normalized spacial score (nSPS) is 18.1. The molecule has 11 heavy (non-hydrogen) atoms. The minimum Gasteiger partial charge on any atom is -0.376 e. The van der Waals surface area contributed by atoms with Gasteiger partial charge in [-0.25, -0.2) is 4.79 Å². The third-order valence-corrected chi connectivity index (χ3v) is 1.87. The molecule has 0 aromatic carbocycles. The fourth-order valence-electron chi connectivity index (χ4n) is 1.28. The molecule has 4 nitrogen and oxygen atoms in total. The molecule has 1 rings (SSSR count). The molecule has 1 heterocycles. The molecule has 0 aliphatic carbocycles. The van der Waals surface area contributed by atoms with E-state index in [4.69, 9.17) is 5.11 Å². The van der Waals surface area contributed by atoms with Gasteiger partial charge in [0.25, 0.3) is 0 Å². The first-order valence-electron chi connectivity index (χ1n) is 3.98. The predicted octanol–water partition coefficient (Wildman–Crippen LogP) is 0.132.